The van der Waals surface area contributed by atoms with E-state index in [1.54, 1.807) is 30.3 Å². The highest BCUT2D eigenvalue weighted by atomic mass is 32.2. The maximum atomic E-state index is 13.1. The van der Waals surface area contributed by atoms with Crippen molar-refractivity contribution in [2.45, 2.75) is 12.3 Å². The van der Waals surface area contributed by atoms with E-state index in [4.69, 9.17) is 5.73 Å². The van der Waals surface area contributed by atoms with Gasteiger partial charge in [-0.15, -0.1) is 0 Å². The standard InChI is InChI=1S/C15H17FN2O2S/c1-18(10-13-6-2-3-8-15(13)17)21(19,20)11-12-5-4-7-14(16)9-12/h2-9H,10-11,17H2,1H3. The summed E-state index contributed by atoms with van der Waals surface area (Å²) in [7, 11) is -2.05. The van der Waals surface area contributed by atoms with Crippen molar-refractivity contribution in [3.63, 3.8) is 0 Å². The molecule has 0 bridgehead atoms. The molecule has 2 N–H and O–H groups in total. The highest BCUT2D eigenvalue weighted by molar-refractivity contribution is 7.88. The van der Waals surface area contributed by atoms with Crippen LogP contribution in [-0.2, 0) is 22.3 Å². The number of hydrogen-bond acceptors (Lipinski definition) is 3. The second-order valence-electron chi connectivity index (χ2n) is 4.84. The molecule has 4 nitrogen and oxygen atoms in total. The summed E-state index contributed by atoms with van der Waals surface area (Å²) < 4.78 is 38.9. The minimum absolute atomic E-state index is 0.185. The second-order valence-corrected chi connectivity index (χ2v) is 6.92. The molecule has 0 fully saturated rings. The average Bonchev–Trinajstić information content (AvgIpc) is 2.40. The van der Waals surface area contributed by atoms with Crippen molar-refractivity contribution in [3.05, 3.63) is 65.5 Å². The first-order valence-corrected chi connectivity index (χ1v) is 8.01. The fourth-order valence-corrected chi connectivity index (χ4v) is 3.12. The first kappa shape index (κ1) is 15.5. The molecule has 0 aromatic heterocycles. The Morgan fingerprint density at radius 2 is 1.86 bits per heavy atom. The number of nitrogen functional groups attached to an aromatic ring is 1. The molecule has 112 valence electrons. The van der Waals surface area contributed by atoms with Crippen LogP contribution < -0.4 is 5.73 Å². The van der Waals surface area contributed by atoms with Crippen molar-refractivity contribution < 1.29 is 12.8 Å². The van der Waals surface area contributed by atoms with Gasteiger partial charge < -0.3 is 5.73 Å². The number of anilines is 1. The molecule has 2 aromatic rings. The van der Waals surface area contributed by atoms with E-state index in [2.05, 4.69) is 0 Å². The van der Waals surface area contributed by atoms with Crippen LogP contribution in [0.15, 0.2) is 48.5 Å². The van der Waals surface area contributed by atoms with Gasteiger partial charge in [-0.2, -0.15) is 0 Å². The summed E-state index contributed by atoms with van der Waals surface area (Å²) in [6.45, 7) is 0.185. The van der Waals surface area contributed by atoms with E-state index in [0.717, 1.165) is 5.56 Å². The van der Waals surface area contributed by atoms with Crippen LogP contribution in [0.3, 0.4) is 0 Å². The maximum absolute atomic E-state index is 13.1. The van der Waals surface area contributed by atoms with Gasteiger partial charge in [0.15, 0.2) is 0 Å². The topological polar surface area (TPSA) is 63.4 Å². The zero-order chi connectivity index (χ0) is 15.5. The van der Waals surface area contributed by atoms with Gasteiger partial charge in [0.25, 0.3) is 0 Å². The van der Waals surface area contributed by atoms with Crippen LogP contribution in [0.25, 0.3) is 0 Å². The van der Waals surface area contributed by atoms with Crippen molar-refractivity contribution in [3.8, 4) is 0 Å². The molecule has 0 saturated heterocycles. The number of nitrogens with zero attached hydrogens (tertiary/aromatic N) is 1. The van der Waals surface area contributed by atoms with Gasteiger partial charge in [-0.05, 0) is 29.3 Å². The monoisotopic (exact) mass is 308 g/mol. The smallest absolute Gasteiger partial charge is 0.218 e. The second kappa shape index (κ2) is 6.24. The molecule has 0 saturated carbocycles. The van der Waals surface area contributed by atoms with Crippen molar-refractivity contribution in [1.82, 2.24) is 4.31 Å². The number of halogens is 1. The molecule has 0 heterocycles. The number of nitrogens with two attached hydrogens (primary N) is 1. The quantitative estimate of drug-likeness (QED) is 0.863. The van der Waals surface area contributed by atoms with Gasteiger partial charge in [0.1, 0.15) is 5.82 Å². The van der Waals surface area contributed by atoms with E-state index in [0.29, 0.717) is 11.3 Å². The molecule has 2 aromatic carbocycles. The van der Waals surface area contributed by atoms with Gasteiger partial charge >= 0.3 is 0 Å². The number of para-hydroxylation sites is 1. The highest BCUT2D eigenvalue weighted by Crippen LogP contribution is 2.17. The average molecular weight is 308 g/mol. The first-order valence-electron chi connectivity index (χ1n) is 6.40. The minimum Gasteiger partial charge on any atom is -0.398 e. The number of benzene rings is 2. The van der Waals surface area contributed by atoms with E-state index >= 15 is 0 Å². The molecule has 6 heteroatoms. The normalized spacial score (nSPS) is 11.8. The lowest BCUT2D eigenvalue weighted by Crippen LogP contribution is -2.28. The lowest BCUT2D eigenvalue weighted by atomic mass is 10.2. The zero-order valence-electron chi connectivity index (χ0n) is 11.7. The summed E-state index contributed by atoms with van der Waals surface area (Å²) in [6.07, 6.45) is 0. The van der Waals surface area contributed by atoms with Gasteiger partial charge in [-0.1, -0.05) is 30.3 Å². The van der Waals surface area contributed by atoms with Gasteiger partial charge in [0.2, 0.25) is 10.0 Å². The summed E-state index contributed by atoms with van der Waals surface area (Å²) >= 11 is 0. The lowest BCUT2D eigenvalue weighted by Gasteiger charge is -2.18. The number of hydrogen-bond donors (Lipinski definition) is 1. The highest BCUT2D eigenvalue weighted by Gasteiger charge is 2.19. The Kier molecular flexibility index (Phi) is 4.59. The third-order valence-corrected chi connectivity index (χ3v) is 4.94. The summed E-state index contributed by atoms with van der Waals surface area (Å²) in [5.41, 5.74) is 7.52. The van der Waals surface area contributed by atoms with Crippen molar-refractivity contribution >= 4 is 15.7 Å². The molecule has 0 atom stereocenters. The fourth-order valence-electron chi connectivity index (χ4n) is 1.96. The van der Waals surface area contributed by atoms with E-state index in [9.17, 15) is 12.8 Å². The summed E-state index contributed by atoms with van der Waals surface area (Å²) in [5.74, 6) is -0.689. The first-order chi connectivity index (χ1) is 9.88. The Bertz CT molecular complexity index is 732. The van der Waals surface area contributed by atoms with Crippen LogP contribution in [0.5, 0.6) is 0 Å². The summed E-state index contributed by atoms with van der Waals surface area (Å²) in [5, 5.41) is 0. The van der Waals surface area contributed by atoms with Crippen molar-refractivity contribution in [2.24, 2.45) is 0 Å². The van der Waals surface area contributed by atoms with Crippen LogP contribution in [0.4, 0.5) is 10.1 Å². The van der Waals surface area contributed by atoms with Gasteiger partial charge in [0, 0.05) is 19.3 Å². The molecule has 2 rings (SSSR count). The summed E-state index contributed by atoms with van der Waals surface area (Å²) in [4.78, 5) is 0. The molecule has 0 radical (unpaired) electrons. The molecule has 0 unspecified atom stereocenters. The van der Waals surface area contributed by atoms with Gasteiger partial charge in [-0.25, -0.2) is 17.1 Å². The Balaban J connectivity index is 2.14. The molecular formula is C15H17FN2O2S. The SMILES string of the molecule is CN(Cc1ccccc1N)S(=O)(=O)Cc1cccc(F)c1. The molecule has 0 aliphatic carbocycles. The Labute approximate surface area is 124 Å². The molecule has 0 aliphatic rings. The van der Waals surface area contributed by atoms with Gasteiger partial charge in [0.05, 0.1) is 5.75 Å². The molecule has 0 amide bonds. The van der Waals surface area contributed by atoms with E-state index < -0.39 is 15.8 Å². The Morgan fingerprint density at radius 3 is 2.52 bits per heavy atom. The van der Waals surface area contributed by atoms with Crippen LogP contribution in [0.1, 0.15) is 11.1 Å². The predicted molar refractivity (Wildman–Crippen MR) is 81.3 cm³/mol. The largest absolute Gasteiger partial charge is 0.398 e. The van der Waals surface area contributed by atoms with Crippen LogP contribution in [0, 0.1) is 5.82 Å². The third kappa shape index (κ3) is 4.03. The minimum atomic E-state index is -3.53. The Hall–Kier alpha value is -1.92. The zero-order valence-corrected chi connectivity index (χ0v) is 12.5. The fraction of sp³-hybridized carbons (Fsp3) is 0.200. The number of rotatable bonds is 5. The van der Waals surface area contributed by atoms with E-state index in [1.807, 2.05) is 0 Å². The van der Waals surface area contributed by atoms with Crippen LogP contribution in [0.2, 0.25) is 0 Å². The van der Waals surface area contributed by atoms with Crippen molar-refractivity contribution in [1.29, 1.82) is 0 Å². The van der Waals surface area contributed by atoms with Gasteiger partial charge in [-0.3, -0.25) is 0 Å². The lowest BCUT2D eigenvalue weighted by molar-refractivity contribution is 0.466. The molecule has 0 aliphatic heterocycles. The van der Waals surface area contributed by atoms with Crippen molar-refractivity contribution in [2.75, 3.05) is 12.8 Å². The van der Waals surface area contributed by atoms with Crippen LogP contribution in [-0.4, -0.2) is 19.8 Å². The Morgan fingerprint density at radius 1 is 1.14 bits per heavy atom. The van der Waals surface area contributed by atoms with E-state index in [1.165, 1.54) is 29.6 Å². The van der Waals surface area contributed by atoms with E-state index in [-0.39, 0.29) is 12.3 Å². The molecule has 0 spiro atoms. The predicted octanol–water partition coefficient (Wildman–Crippen LogP) is 2.37. The molecule has 21 heavy (non-hydrogen) atoms. The summed E-state index contributed by atoms with van der Waals surface area (Å²) in [6, 6.07) is 12.7. The maximum Gasteiger partial charge on any atom is 0.218 e. The number of sulfonamides is 1. The van der Waals surface area contributed by atoms with Crippen LogP contribution >= 0.6 is 0 Å². The molecular weight excluding hydrogens is 291 g/mol. The third-order valence-electron chi connectivity index (χ3n) is 3.16.